The summed E-state index contributed by atoms with van der Waals surface area (Å²) in [6, 6.07) is 0. The van der Waals surface area contributed by atoms with Crippen LogP contribution in [0.25, 0.3) is 0 Å². The molecular formula is C13H21N2O17P3. The molecule has 1 saturated heterocycles. The van der Waals surface area contributed by atoms with Gasteiger partial charge in [0.25, 0.3) is 5.56 Å². The number of hydrogen-bond donors (Lipinski definition) is 6. The molecule has 1 aromatic heterocycles. The van der Waals surface area contributed by atoms with Crippen LogP contribution in [0.15, 0.2) is 15.8 Å². The molecule has 0 aromatic carbocycles. The lowest BCUT2D eigenvalue weighted by Gasteiger charge is -2.20. The number of H-pyrrole nitrogens is 1. The third-order valence-corrected chi connectivity index (χ3v) is 8.08. The highest BCUT2D eigenvalue weighted by Gasteiger charge is 2.47. The van der Waals surface area contributed by atoms with E-state index in [0.717, 1.165) is 25.0 Å². The van der Waals surface area contributed by atoms with Gasteiger partial charge in [-0.25, -0.2) is 18.5 Å². The van der Waals surface area contributed by atoms with E-state index in [4.69, 9.17) is 24.2 Å². The van der Waals surface area contributed by atoms with Crippen molar-refractivity contribution in [3.8, 4) is 0 Å². The van der Waals surface area contributed by atoms with Crippen LogP contribution in [-0.4, -0.2) is 79.3 Å². The topological polar surface area (TPSA) is 280 Å². The van der Waals surface area contributed by atoms with Gasteiger partial charge in [-0.15, -0.1) is 0 Å². The number of nitrogens with one attached hydrogen (secondary N) is 1. The van der Waals surface area contributed by atoms with Gasteiger partial charge in [0.15, 0.2) is 6.23 Å². The molecule has 6 atom stereocenters. The van der Waals surface area contributed by atoms with Gasteiger partial charge in [0.2, 0.25) is 0 Å². The molecule has 1 aliphatic heterocycles. The van der Waals surface area contributed by atoms with Crippen LogP contribution < -0.4 is 11.2 Å². The summed E-state index contributed by atoms with van der Waals surface area (Å²) in [6.45, 7) is -1.03. The largest absolute Gasteiger partial charge is 0.490 e. The van der Waals surface area contributed by atoms with E-state index in [1.807, 2.05) is 4.98 Å². The molecule has 0 amide bonds. The van der Waals surface area contributed by atoms with E-state index >= 15 is 0 Å². The van der Waals surface area contributed by atoms with E-state index < -0.39 is 78.3 Å². The smallest absolute Gasteiger partial charge is 0.469 e. The maximum absolute atomic E-state index is 12.3. The minimum Gasteiger partial charge on any atom is -0.469 e. The Morgan fingerprint density at radius 3 is 2.29 bits per heavy atom. The van der Waals surface area contributed by atoms with Crippen molar-refractivity contribution in [1.82, 2.24) is 9.55 Å². The van der Waals surface area contributed by atoms with Gasteiger partial charge < -0.3 is 38.9 Å². The zero-order chi connectivity index (χ0) is 26.8. The summed E-state index contributed by atoms with van der Waals surface area (Å²) in [6.07, 6.45) is -5.57. The predicted octanol–water partition coefficient (Wildman–Crippen LogP) is -2.13. The Balaban J connectivity index is 2.21. The SMILES string of the molecule is COC(=O)Cc1cn([C@@H]2O[C@H](COP(=O)(O)OP(=O)(O)OP(=O)(O)O)C(O)[C@@H]2OC)c(=O)[nH]c1=O. The molecule has 200 valence electrons. The van der Waals surface area contributed by atoms with Crippen LogP contribution in [0.1, 0.15) is 11.8 Å². The number of carbonyl (C=O) groups excluding carboxylic acids is 1. The molecule has 1 aromatic rings. The fourth-order valence-electron chi connectivity index (χ4n) is 2.88. The first-order valence-corrected chi connectivity index (χ1v) is 13.6. The predicted molar refractivity (Wildman–Crippen MR) is 108 cm³/mol. The number of ether oxygens (including phenoxy) is 3. The van der Waals surface area contributed by atoms with Crippen molar-refractivity contribution in [3.05, 3.63) is 32.6 Å². The van der Waals surface area contributed by atoms with Crippen molar-refractivity contribution in [2.75, 3.05) is 20.8 Å². The first kappa shape index (κ1) is 29.7. The Labute approximate surface area is 194 Å². The minimum atomic E-state index is -5.77. The number of aliphatic hydroxyl groups excluding tert-OH is 1. The highest BCUT2D eigenvalue weighted by atomic mass is 31.3. The summed E-state index contributed by atoms with van der Waals surface area (Å²) in [5.41, 5.74) is -2.13. The third kappa shape index (κ3) is 8.23. The molecule has 19 nitrogen and oxygen atoms in total. The molecule has 2 heterocycles. The number of methoxy groups -OCH3 is 2. The molecule has 0 bridgehead atoms. The van der Waals surface area contributed by atoms with Crippen molar-refractivity contribution < 1.29 is 70.5 Å². The average Bonchev–Trinajstić information content (AvgIpc) is 3.00. The number of hydrogen-bond acceptors (Lipinski definition) is 13. The van der Waals surface area contributed by atoms with E-state index in [0.29, 0.717) is 0 Å². The second kappa shape index (κ2) is 11.2. The molecule has 0 aliphatic carbocycles. The summed E-state index contributed by atoms with van der Waals surface area (Å²) in [5, 5.41) is 10.4. The average molecular weight is 570 g/mol. The van der Waals surface area contributed by atoms with Gasteiger partial charge in [-0.1, -0.05) is 0 Å². The Bertz CT molecular complexity index is 1190. The van der Waals surface area contributed by atoms with Crippen molar-refractivity contribution in [3.63, 3.8) is 0 Å². The van der Waals surface area contributed by atoms with Crippen molar-refractivity contribution in [2.24, 2.45) is 0 Å². The van der Waals surface area contributed by atoms with Gasteiger partial charge in [-0.2, -0.15) is 8.62 Å². The molecule has 22 heteroatoms. The first-order chi connectivity index (χ1) is 16.0. The van der Waals surface area contributed by atoms with Crippen molar-refractivity contribution in [1.29, 1.82) is 0 Å². The number of aliphatic hydroxyl groups is 1. The fourth-order valence-corrected chi connectivity index (χ4v) is 5.91. The quantitative estimate of drug-likeness (QED) is 0.122. The van der Waals surface area contributed by atoms with E-state index in [9.17, 15) is 38.1 Å². The molecule has 3 unspecified atom stereocenters. The highest BCUT2D eigenvalue weighted by Crippen LogP contribution is 2.66. The van der Waals surface area contributed by atoms with Crippen LogP contribution >= 0.6 is 23.5 Å². The normalized spacial score (nSPS) is 26.1. The molecule has 0 radical (unpaired) electrons. The van der Waals surface area contributed by atoms with Gasteiger partial charge >= 0.3 is 35.1 Å². The van der Waals surface area contributed by atoms with Crippen LogP contribution in [0.3, 0.4) is 0 Å². The minimum absolute atomic E-state index is 0.207. The monoisotopic (exact) mass is 570 g/mol. The molecule has 35 heavy (non-hydrogen) atoms. The summed E-state index contributed by atoms with van der Waals surface area (Å²) in [4.78, 5) is 73.5. The molecule has 0 saturated carbocycles. The van der Waals surface area contributed by atoms with Gasteiger partial charge in [0, 0.05) is 18.9 Å². The number of phosphoric ester groups is 1. The standard InChI is InChI=1S/C13H21N2O17P3/c1-27-8(16)3-6-4-15(13(19)14-11(6)18)12-10(28-2)9(17)7(30-12)5-29-34(23,24)32-35(25,26)31-33(20,21)22/h4,7,9-10,12,17H,3,5H2,1-2H3,(H,23,24)(H,25,26)(H,14,18,19)(H2,20,21,22)/t7-,9?,10+,12-/m1/s1. The van der Waals surface area contributed by atoms with Crippen molar-refractivity contribution >= 4 is 29.4 Å². The van der Waals surface area contributed by atoms with Crippen LogP contribution in [0, 0.1) is 0 Å². The first-order valence-electron chi connectivity index (χ1n) is 9.04. The van der Waals surface area contributed by atoms with E-state index in [1.54, 1.807) is 0 Å². The maximum Gasteiger partial charge on any atom is 0.490 e. The number of rotatable bonds is 11. The van der Waals surface area contributed by atoms with Gasteiger partial charge in [-0.3, -0.25) is 23.7 Å². The van der Waals surface area contributed by atoms with Crippen LogP contribution in [0.5, 0.6) is 0 Å². The Hall–Kier alpha value is -1.56. The number of carbonyl (C=O) groups is 1. The van der Waals surface area contributed by atoms with E-state index in [-0.39, 0.29) is 5.56 Å². The van der Waals surface area contributed by atoms with Gasteiger partial charge in [0.1, 0.15) is 18.3 Å². The summed E-state index contributed by atoms with van der Waals surface area (Å²) in [7, 11) is -14.7. The molecular weight excluding hydrogens is 549 g/mol. The highest BCUT2D eigenvalue weighted by molar-refractivity contribution is 7.66. The number of aromatic nitrogens is 2. The zero-order valence-corrected chi connectivity index (χ0v) is 20.4. The number of esters is 1. The third-order valence-electron chi connectivity index (χ3n) is 4.28. The number of aromatic amines is 1. The van der Waals surface area contributed by atoms with Crippen LogP contribution in [0.2, 0.25) is 0 Å². The lowest BCUT2D eigenvalue weighted by Crippen LogP contribution is -2.40. The van der Waals surface area contributed by atoms with E-state index in [1.165, 1.54) is 0 Å². The van der Waals surface area contributed by atoms with Gasteiger partial charge in [0.05, 0.1) is 20.1 Å². The number of phosphoric acid groups is 3. The summed E-state index contributed by atoms with van der Waals surface area (Å²) < 4.78 is 61.2. The molecule has 1 fully saturated rings. The number of nitrogens with zero attached hydrogens (tertiary/aromatic N) is 1. The fraction of sp³-hybridized carbons (Fsp3) is 0.615. The molecule has 2 rings (SSSR count). The summed E-state index contributed by atoms with van der Waals surface area (Å²) >= 11 is 0. The Kier molecular flexibility index (Phi) is 9.52. The van der Waals surface area contributed by atoms with Gasteiger partial charge in [-0.05, 0) is 0 Å². The molecule has 6 N–H and O–H groups in total. The van der Waals surface area contributed by atoms with Crippen LogP contribution in [0.4, 0.5) is 0 Å². The van der Waals surface area contributed by atoms with Crippen molar-refractivity contribution in [2.45, 2.75) is 31.0 Å². The Morgan fingerprint density at radius 2 is 1.74 bits per heavy atom. The molecule has 1 aliphatic rings. The summed E-state index contributed by atoms with van der Waals surface area (Å²) in [5.74, 6) is -0.801. The lowest BCUT2D eigenvalue weighted by atomic mass is 10.1. The maximum atomic E-state index is 12.3. The second-order valence-electron chi connectivity index (χ2n) is 6.72. The molecule has 0 spiro atoms. The second-order valence-corrected chi connectivity index (χ2v) is 11.1. The lowest BCUT2D eigenvalue weighted by molar-refractivity contribution is -0.139. The Morgan fingerprint density at radius 1 is 1.11 bits per heavy atom. The van der Waals surface area contributed by atoms with Crippen LogP contribution in [-0.2, 0) is 52.3 Å². The van der Waals surface area contributed by atoms with E-state index in [2.05, 4.69) is 17.9 Å². The zero-order valence-electron chi connectivity index (χ0n) is 17.7.